The molecule has 0 aliphatic heterocycles. The van der Waals surface area contributed by atoms with Gasteiger partial charge in [-0.15, -0.1) is 0 Å². The Kier molecular flexibility index (Phi) is 3.85. The van der Waals surface area contributed by atoms with Crippen LogP contribution in [0.2, 0.25) is 0 Å². The molecule has 0 amide bonds. The van der Waals surface area contributed by atoms with Gasteiger partial charge in [-0.3, -0.25) is 4.98 Å². The van der Waals surface area contributed by atoms with Crippen LogP contribution < -0.4 is 0 Å². The van der Waals surface area contributed by atoms with Crippen molar-refractivity contribution in [2.45, 2.75) is 22.6 Å². The SMILES string of the molecule is CN(CC1CC(Br)C1)S(=O)(=O)c1cccnc1. The Morgan fingerprint density at radius 3 is 2.76 bits per heavy atom. The van der Waals surface area contributed by atoms with Crippen molar-refractivity contribution in [2.75, 3.05) is 13.6 Å². The van der Waals surface area contributed by atoms with Gasteiger partial charge in [-0.05, 0) is 30.9 Å². The Balaban J connectivity index is 2.05. The predicted octanol–water partition coefficient (Wildman–Crippen LogP) is 1.88. The number of pyridine rings is 1. The van der Waals surface area contributed by atoms with Crippen molar-refractivity contribution in [2.24, 2.45) is 5.92 Å². The number of hydrogen-bond donors (Lipinski definition) is 0. The van der Waals surface area contributed by atoms with E-state index < -0.39 is 10.0 Å². The molecule has 94 valence electrons. The van der Waals surface area contributed by atoms with Crippen LogP contribution in [0.25, 0.3) is 0 Å². The Bertz CT molecular complexity index is 472. The summed E-state index contributed by atoms with van der Waals surface area (Å²) in [6, 6.07) is 3.21. The fourth-order valence-corrected chi connectivity index (χ4v) is 4.21. The predicted molar refractivity (Wildman–Crippen MR) is 69.5 cm³/mol. The number of nitrogens with zero attached hydrogens (tertiary/aromatic N) is 2. The zero-order valence-corrected chi connectivity index (χ0v) is 12.0. The maximum Gasteiger partial charge on any atom is 0.244 e. The van der Waals surface area contributed by atoms with E-state index in [1.54, 1.807) is 25.4 Å². The zero-order valence-electron chi connectivity index (χ0n) is 9.58. The van der Waals surface area contributed by atoms with Crippen molar-refractivity contribution in [3.8, 4) is 0 Å². The molecule has 1 aliphatic rings. The standard InChI is InChI=1S/C11H15BrN2O2S/c1-14(8-9-5-10(12)6-9)17(15,16)11-3-2-4-13-7-11/h2-4,7,9-10H,5-6,8H2,1H3. The Morgan fingerprint density at radius 1 is 1.53 bits per heavy atom. The Morgan fingerprint density at radius 2 is 2.24 bits per heavy atom. The van der Waals surface area contributed by atoms with Crippen LogP contribution in [0.5, 0.6) is 0 Å². The number of aromatic nitrogens is 1. The van der Waals surface area contributed by atoms with E-state index in [9.17, 15) is 8.42 Å². The minimum absolute atomic E-state index is 0.261. The maximum absolute atomic E-state index is 12.2. The lowest BCUT2D eigenvalue weighted by Crippen LogP contribution is -2.37. The average molecular weight is 319 g/mol. The van der Waals surface area contributed by atoms with Crippen LogP contribution in [0.15, 0.2) is 29.4 Å². The van der Waals surface area contributed by atoms with E-state index in [1.165, 1.54) is 10.5 Å². The summed E-state index contributed by atoms with van der Waals surface area (Å²) in [5, 5.41) is 0. The highest BCUT2D eigenvalue weighted by Gasteiger charge is 2.31. The highest BCUT2D eigenvalue weighted by atomic mass is 79.9. The number of sulfonamides is 1. The second kappa shape index (κ2) is 5.04. The molecule has 4 nitrogen and oxygen atoms in total. The van der Waals surface area contributed by atoms with Crippen LogP contribution in [0.1, 0.15) is 12.8 Å². The summed E-state index contributed by atoms with van der Waals surface area (Å²) in [5.41, 5.74) is 0. The number of alkyl halides is 1. The minimum atomic E-state index is -3.37. The number of rotatable bonds is 4. The smallest absolute Gasteiger partial charge is 0.244 e. The largest absolute Gasteiger partial charge is 0.263 e. The van der Waals surface area contributed by atoms with Crippen molar-refractivity contribution in [1.29, 1.82) is 0 Å². The first-order chi connectivity index (χ1) is 8.00. The lowest BCUT2D eigenvalue weighted by Gasteiger charge is -2.33. The molecule has 0 atom stereocenters. The highest BCUT2D eigenvalue weighted by molar-refractivity contribution is 9.09. The van der Waals surface area contributed by atoms with Crippen LogP contribution in [0.4, 0.5) is 0 Å². The molecule has 1 saturated carbocycles. The van der Waals surface area contributed by atoms with E-state index >= 15 is 0 Å². The monoisotopic (exact) mass is 318 g/mol. The molecule has 1 fully saturated rings. The topological polar surface area (TPSA) is 50.3 Å². The molecule has 0 saturated heterocycles. The number of hydrogen-bond acceptors (Lipinski definition) is 3. The summed E-state index contributed by atoms with van der Waals surface area (Å²) in [4.78, 5) is 4.66. The average Bonchev–Trinajstić information content (AvgIpc) is 2.28. The minimum Gasteiger partial charge on any atom is -0.263 e. The van der Waals surface area contributed by atoms with Gasteiger partial charge in [0.15, 0.2) is 0 Å². The van der Waals surface area contributed by atoms with E-state index in [-0.39, 0.29) is 4.90 Å². The molecule has 0 N–H and O–H groups in total. The first-order valence-electron chi connectivity index (χ1n) is 5.50. The van der Waals surface area contributed by atoms with Crippen molar-refractivity contribution in [1.82, 2.24) is 9.29 Å². The van der Waals surface area contributed by atoms with Gasteiger partial charge in [-0.1, -0.05) is 15.9 Å². The van der Waals surface area contributed by atoms with Crippen molar-refractivity contribution in [3.05, 3.63) is 24.5 Å². The van der Waals surface area contributed by atoms with E-state index in [0.29, 0.717) is 17.3 Å². The third kappa shape index (κ3) is 2.86. The third-order valence-corrected chi connectivity index (χ3v) is 5.59. The molecule has 1 aliphatic carbocycles. The summed E-state index contributed by atoms with van der Waals surface area (Å²) in [6.07, 6.45) is 5.06. The lowest BCUT2D eigenvalue weighted by atomic mass is 9.85. The van der Waals surface area contributed by atoms with Crippen LogP contribution in [0.3, 0.4) is 0 Å². The Labute approximate surface area is 110 Å². The molecule has 0 spiro atoms. The number of halogens is 1. The molecule has 17 heavy (non-hydrogen) atoms. The quantitative estimate of drug-likeness (QED) is 0.796. The van der Waals surface area contributed by atoms with Gasteiger partial charge in [-0.25, -0.2) is 12.7 Å². The van der Waals surface area contributed by atoms with Gasteiger partial charge in [0.1, 0.15) is 4.90 Å². The normalized spacial score (nSPS) is 24.6. The molecule has 1 aromatic rings. The molecule has 1 heterocycles. The molecular weight excluding hydrogens is 304 g/mol. The van der Waals surface area contributed by atoms with Gasteiger partial charge in [-0.2, -0.15) is 0 Å². The maximum atomic E-state index is 12.2. The first-order valence-corrected chi connectivity index (χ1v) is 7.86. The molecule has 0 radical (unpaired) electrons. The third-order valence-electron chi connectivity index (χ3n) is 3.04. The van der Waals surface area contributed by atoms with E-state index in [4.69, 9.17) is 0 Å². The van der Waals surface area contributed by atoms with Gasteiger partial charge in [0.05, 0.1) is 0 Å². The molecule has 0 unspecified atom stereocenters. The summed E-state index contributed by atoms with van der Waals surface area (Å²) < 4.78 is 25.8. The molecule has 1 aromatic heterocycles. The summed E-state index contributed by atoms with van der Waals surface area (Å²) in [5.74, 6) is 0.468. The van der Waals surface area contributed by atoms with Gasteiger partial charge in [0.25, 0.3) is 0 Å². The molecular formula is C11H15BrN2O2S. The fraction of sp³-hybridized carbons (Fsp3) is 0.545. The molecule has 6 heteroatoms. The van der Waals surface area contributed by atoms with Gasteiger partial charge in [0.2, 0.25) is 10.0 Å². The molecule has 2 rings (SSSR count). The van der Waals surface area contributed by atoms with Crippen molar-refractivity contribution in [3.63, 3.8) is 0 Å². The lowest BCUT2D eigenvalue weighted by molar-refractivity contribution is 0.275. The summed E-state index contributed by atoms with van der Waals surface area (Å²) in [7, 11) is -1.74. The molecule has 0 bridgehead atoms. The zero-order chi connectivity index (χ0) is 12.5. The van der Waals surface area contributed by atoms with E-state index in [0.717, 1.165) is 12.8 Å². The second-order valence-electron chi connectivity index (χ2n) is 4.41. The second-order valence-corrected chi connectivity index (χ2v) is 7.75. The van der Waals surface area contributed by atoms with Crippen LogP contribution in [0, 0.1) is 5.92 Å². The van der Waals surface area contributed by atoms with E-state index in [1.807, 2.05) is 0 Å². The van der Waals surface area contributed by atoms with Crippen LogP contribution in [-0.2, 0) is 10.0 Å². The van der Waals surface area contributed by atoms with Crippen molar-refractivity contribution >= 4 is 26.0 Å². The van der Waals surface area contributed by atoms with Crippen LogP contribution in [-0.4, -0.2) is 36.1 Å². The van der Waals surface area contributed by atoms with Gasteiger partial charge < -0.3 is 0 Å². The Hall–Kier alpha value is -0.460. The highest BCUT2D eigenvalue weighted by Crippen LogP contribution is 2.34. The summed E-state index contributed by atoms with van der Waals surface area (Å²) >= 11 is 3.51. The van der Waals surface area contributed by atoms with Gasteiger partial charge in [0, 0.05) is 30.8 Å². The molecule has 0 aromatic carbocycles. The van der Waals surface area contributed by atoms with Gasteiger partial charge >= 0.3 is 0 Å². The van der Waals surface area contributed by atoms with E-state index in [2.05, 4.69) is 20.9 Å². The first kappa shape index (κ1) is 13.0. The fourth-order valence-electron chi connectivity index (χ4n) is 1.94. The van der Waals surface area contributed by atoms with Crippen molar-refractivity contribution < 1.29 is 8.42 Å². The van der Waals surface area contributed by atoms with Crippen LogP contribution >= 0.6 is 15.9 Å². The summed E-state index contributed by atoms with van der Waals surface area (Å²) in [6.45, 7) is 0.583.